The molecule has 0 atom stereocenters. The quantitative estimate of drug-likeness (QED) is 0.407. The van der Waals surface area contributed by atoms with Crippen molar-refractivity contribution in [3.63, 3.8) is 0 Å². The minimum atomic E-state index is -3.65. The molecule has 0 aliphatic heterocycles. The minimum absolute atomic E-state index is 0.0625. The van der Waals surface area contributed by atoms with Gasteiger partial charge in [0.1, 0.15) is 0 Å². The lowest BCUT2D eigenvalue weighted by Gasteiger charge is -1.92. The zero-order valence-corrected chi connectivity index (χ0v) is 7.12. The van der Waals surface area contributed by atoms with Gasteiger partial charge in [0, 0.05) is 6.16 Å². The Hall–Kier alpha value is -0.640. The van der Waals surface area contributed by atoms with E-state index >= 15 is 0 Å². The Morgan fingerprint density at radius 2 is 1.91 bits per heavy atom. The Bertz CT molecular complexity index is 173. The molecule has 0 aliphatic carbocycles. The molecule has 0 saturated heterocycles. The van der Waals surface area contributed by atoms with E-state index in [1.54, 1.807) is 0 Å². The van der Waals surface area contributed by atoms with Crippen LogP contribution >= 0.6 is 7.60 Å². The molecule has 6 heteroatoms. The van der Waals surface area contributed by atoms with E-state index in [2.05, 4.69) is 12.3 Å². The van der Waals surface area contributed by atoms with Crippen LogP contribution in [0.2, 0.25) is 0 Å². The molecule has 0 aliphatic rings. The van der Waals surface area contributed by atoms with Gasteiger partial charge in [-0.1, -0.05) is 13.5 Å². The Kier molecular flexibility index (Phi) is 7.20. The van der Waals surface area contributed by atoms with Crippen molar-refractivity contribution in [3.8, 4) is 0 Å². The second kappa shape index (κ2) is 6.09. The van der Waals surface area contributed by atoms with E-state index in [9.17, 15) is 9.36 Å². The number of hydrogen-bond acceptors (Lipinski definition) is 2. The summed E-state index contributed by atoms with van der Waals surface area (Å²) >= 11 is 0. The SMILES string of the molecule is C=CC(N)=O.CCP(=O)(O)O. The van der Waals surface area contributed by atoms with Crippen molar-refractivity contribution in [1.29, 1.82) is 0 Å². The number of nitrogens with two attached hydrogens (primary N) is 1. The summed E-state index contributed by atoms with van der Waals surface area (Å²) in [6.45, 7) is 4.53. The van der Waals surface area contributed by atoms with Gasteiger partial charge >= 0.3 is 7.60 Å². The normalized spacial score (nSPS) is 9.36. The smallest absolute Gasteiger partial charge is 0.325 e. The number of hydrogen-bond donors (Lipinski definition) is 3. The predicted octanol–water partition coefficient (Wildman–Crippen LogP) is -0.158. The minimum Gasteiger partial charge on any atom is -0.366 e. The molecule has 0 unspecified atom stereocenters. The number of carbonyl (C=O) groups excluding carboxylic acids is 1. The Balaban J connectivity index is 0. The Morgan fingerprint density at radius 3 is 1.91 bits per heavy atom. The van der Waals surface area contributed by atoms with E-state index in [0.29, 0.717) is 0 Å². The maximum atomic E-state index is 9.69. The van der Waals surface area contributed by atoms with Crippen LogP contribution in [0.4, 0.5) is 0 Å². The van der Waals surface area contributed by atoms with Gasteiger partial charge in [0.2, 0.25) is 5.91 Å². The zero-order valence-electron chi connectivity index (χ0n) is 6.23. The Morgan fingerprint density at radius 1 is 1.73 bits per heavy atom. The van der Waals surface area contributed by atoms with E-state index in [1.165, 1.54) is 6.92 Å². The van der Waals surface area contributed by atoms with Gasteiger partial charge in [-0.25, -0.2) is 0 Å². The molecule has 0 spiro atoms. The molecule has 0 aromatic heterocycles. The van der Waals surface area contributed by atoms with E-state index in [-0.39, 0.29) is 6.16 Å². The van der Waals surface area contributed by atoms with Gasteiger partial charge in [0.15, 0.2) is 0 Å². The maximum absolute atomic E-state index is 9.69. The number of amides is 1. The summed E-state index contributed by atoms with van der Waals surface area (Å²) in [6.07, 6.45) is 0.993. The topological polar surface area (TPSA) is 101 Å². The maximum Gasteiger partial charge on any atom is 0.325 e. The van der Waals surface area contributed by atoms with Crippen molar-refractivity contribution < 1.29 is 19.1 Å². The van der Waals surface area contributed by atoms with Gasteiger partial charge in [-0.05, 0) is 6.08 Å². The largest absolute Gasteiger partial charge is 0.366 e. The average Bonchev–Trinajstić information content (AvgIpc) is 1.88. The highest BCUT2D eigenvalue weighted by Crippen LogP contribution is 2.32. The lowest BCUT2D eigenvalue weighted by atomic mass is 10.6. The summed E-state index contributed by atoms with van der Waals surface area (Å²) in [7, 11) is -3.65. The van der Waals surface area contributed by atoms with E-state index in [1.807, 2.05) is 0 Å². The molecule has 0 saturated carbocycles. The molecular formula is C5H12NO4P. The van der Waals surface area contributed by atoms with Crippen molar-refractivity contribution >= 4 is 13.5 Å². The first-order valence-corrected chi connectivity index (χ1v) is 4.59. The van der Waals surface area contributed by atoms with E-state index < -0.39 is 13.5 Å². The van der Waals surface area contributed by atoms with Gasteiger partial charge in [-0.2, -0.15) is 0 Å². The second-order valence-electron chi connectivity index (χ2n) is 1.59. The molecule has 0 fully saturated rings. The fourth-order valence-corrected chi connectivity index (χ4v) is 0. The van der Waals surface area contributed by atoms with E-state index in [4.69, 9.17) is 9.79 Å². The summed E-state index contributed by atoms with van der Waals surface area (Å²) < 4.78 is 9.69. The van der Waals surface area contributed by atoms with Crippen LogP contribution in [0.5, 0.6) is 0 Å². The van der Waals surface area contributed by atoms with Gasteiger partial charge in [0.05, 0.1) is 0 Å². The lowest BCUT2D eigenvalue weighted by molar-refractivity contribution is -0.113. The van der Waals surface area contributed by atoms with Crippen LogP contribution in [0, 0.1) is 0 Å². The highest BCUT2D eigenvalue weighted by atomic mass is 31.2. The van der Waals surface area contributed by atoms with E-state index in [0.717, 1.165) is 6.08 Å². The van der Waals surface area contributed by atoms with Crippen LogP contribution in [0.15, 0.2) is 12.7 Å². The number of rotatable bonds is 2. The van der Waals surface area contributed by atoms with Crippen LogP contribution in [0.25, 0.3) is 0 Å². The third kappa shape index (κ3) is 26.7. The molecular weight excluding hydrogens is 169 g/mol. The number of carbonyl (C=O) groups is 1. The van der Waals surface area contributed by atoms with Crippen molar-refractivity contribution in [3.05, 3.63) is 12.7 Å². The van der Waals surface area contributed by atoms with Crippen molar-refractivity contribution in [2.75, 3.05) is 6.16 Å². The first-order chi connectivity index (χ1) is 4.83. The highest BCUT2D eigenvalue weighted by molar-refractivity contribution is 7.51. The molecule has 5 nitrogen and oxygen atoms in total. The standard InChI is InChI=1S/C3H5NO.C2H7O3P/c1-2-3(4)5;1-2-6(3,4)5/h2H,1H2,(H2,4,5);2H2,1H3,(H2,3,4,5). The molecule has 4 N–H and O–H groups in total. The van der Waals surface area contributed by atoms with Crippen LogP contribution in [0.1, 0.15) is 6.92 Å². The summed E-state index contributed by atoms with van der Waals surface area (Å²) in [5, 5.41) is 0. The number of primary amides is 1. The van der Waals surface area contributed by atoms with Crippen LogP contribution in [-0.2, 0) is 9.36 Å². The van der Waals surface area contributed by atoms with Crippen molar-refractivity contribution in [2.45, 2.75) is 6.92 Å². The first kappa shape index (κ1) is 13.0. The highest BCUT2D eigenvalue weighted by Gasteiger charge is 2.05. The Labute approximate surface area is 65.1 Å². The third-order valence-electron chi connectivity index (χ3n) is 0.613. The van der Waals surface area contributed by atoms with Gasteiger partial charge in [0.25, 0.3) is 0 Å². The predicted molar refractivity (Wildman–Crippen MR) is 42.0 cm³/mol. The van der Waals surface area contributed by atoms with Gasteiger partial charge in [-0.3, -0.25) is 9.36 Å². The van der Waals surface area contributed by atoms with Gasteiger partial charge < -0.3 is 15.5 Å². The first-order valence-electron chi connectivity index (χ1n) is 2.80. The third-order valence-corrected chi connectivity index (χ3v) is 1.44. The molecule has 0 radical (unpaired) electrons. The van der Waals surface area contributed by atoms with Gasteiger partial charge in [-0.15, -0.1) is 0 Å². The van der Waals surface area contributed by atoms with Crippen LogP contribution in [-0.4, -0.2) is 21.9 Å². The summed E-state index contributed by atoms with van der Waals surface area (Å²) in [4.78, 5) is 25.3. The summed E-state index contributed by atoms with van der Waals surface area (Å²) in [5.41, 5.74) is 4.53. The van der Waals surface area contributed by atoms with Crippen molar-refractivity contribution in [2.24, 2.45) is 5.73 Å². The average molecular weight is 181 g/mol. The summed E-state index contributed by atoms with van der Waals surface area (Å²) in [5.74, 6) is -0.481. The van der Waals surface area contributed by atoms with Crippen molar-refractivity contribution in [1.82, 2.24) is 0 Å². The summed E-state index contributed by atoms with van der Waals surface area (Å²) in [6, 6.07) is 0. The molecule has 0 bridgehead atoms. The lowest BCUT2D eigenvalue weighted by Crippen LogP contribution is -2.04. The fraction of sp³-hybridized carbons (Fsp3) is 0.400. The monoisotopic (exact) mass is 181 g/mol. The molecule has 1 amide bonds. The zero-order chi connectivity index (χ0) is 9.49. The second-order valence-corrected chi connectivity index (χ2v) is 3.55. The fourth-order valence-electron chi connectivity index (χ4n) is 0. The van der Waals surface area contributed by atoms with Crippen LogP contribution in [0.3, 0.4) is 0 Å². The molecule has 11 heavy (non-hydrogen) atoms. The molecule has 66 valence electrons. The molecule has 0 aromatic carbocycles. The molecule has 0 heterocycles. The molecule has 0 aromatic rings. The molecule has 0 rings (SSSR count). The van der Waals surface area contributed by atoms with Crippen LogP contribution < -0.4 is 5.73 Å².